The van der Waals surface area contributed by atoms with Crippen LogP contribution < -0.4 is 24.3 Å². The van der Waals surface area contributed by atoms with Crippen LogP contribution in [0, 0.1) is 0 Å². The lowest BCUT2D eigenvalue weighted by Crippen LogP contribution is -2.44. The van der Waals surface area contributed by atoms with Crippen molar-refractivity contribution in [2.45, 2.75) is 38.0 Å². The van der Waals surface area contributed by atoms with E-state index >= 15 is 0 Å². The number of rotatable bonds is 10. The molecule has 0 aromatic heterocycles. The molecule has 182 valence electrons. The quantitative estimate of drug-likeness (QED) is 0.419. The minimum absolute atomic E-state index is 0.0193. The Bertz CT molecular complexity index is 1030. The van der Waals surface area contributed by atoms with Crippen molar-refractivity contribution in [1.29, 1.82) is 0 Å². The van der Waals surface area contributed by atoms with E-state index in [2.05, 4.69) is 11.4 Å². The van der Waals surface area contributed by atoms with Crippen molar-refractivity contribution in [3.05, 3.63) is 47.5 Å². The first kappa shape index (κ1) is 23.9. The third-order valence-corrected chi connectivity index (χ3v) is 6.43. The maximum atomic E-state index is 12.6. The van der Waals surface area contributed by atoms with Gasteiger partial charge >= 0.3 is 0 Å². The number of nitrogens with one attached hydrogen (secondary N) is 1. The average Bonchev–Trinajstić information content (AvgIpc) is 3.34. The van der Waals surface area contributed by atoms with E-state index in [1.807, 2.05) is 12.1 Å². The van der Waals surface area contributed by atoms with Crippen molar-refractivity contribution < 1.29 is 33.3 Å². The largest absolute Gasteiger partial charge is 0.493 e. The van der Waals surface area contributed by atoms with Gasteiger partial charge in [-0.2, -0.15) is 0 Å². The zero-order valence-electron chi connectivity index (χ0n) is 19.7. The predicted octanol–water partition coefficient (Wildman–Crippen LogP) is 3.65. The van der Waals surface area contributed by atoms with Crippen molar-refractivity contribution in [3.63, 3.8) is 0 Å². The standard InChI is InChI=1S/C26H31NO7/c1-18(28)19-5-7-21(23(14-19)30-2)32-11-3-4-25(29)27-16-26(9-12-31-13-10-26)20-6-8-22-24(15-20)34-17-33-22/h5-8,14-15H,3-4,9-13,16-17H2,1-2H3,(H,27,29). The molecule has 0 atom stereocenters. The van der Waals surface area contributed by atoms with Crippen LogP contribution in [0.25, 0.3) is 0 Å². The number of Topliss-reactive ketones (excluding diaryl/α,β-unsaturated/α-hetero) is 1. The molecule has 0 unspecified atom stereocenters. The van der Waals surface area contributed by atoms with Gasteiger partial charge in [0.1, 0.15) is 0 Å². The molecule has 0 bridgehead atoms. The smallest absolute Gasteiger partial charge is 0.231 e. The van der Waals surface area contributed by atoms with E-state index in [0.717, 1.165) is 29.9 Å². The number of fused-ring (bicyclic) bond motifs is 1. The number of carbonyl (C=O) groups is 2. The molecular formula is C26H31NO7. The van der Waals surface area contributed by atoms with Crippen LogP contribution in [-0.2, 0) is 14.9 Å². The first-order chi connectivity index (χ1) is 16.5. The molecule has 0 saturated carbocycles. The summed E-state index contributed by atoms with van der Waals surface area (Å²) >= 11 is 0. The van der Waals surface area contributed by atoms with Gasteiger partial charge in [0.15, 0.2) is 28.8 Å². The zero-order valence-corrected chi connectivity index (χ0v) is 19.7. The van der Waals surface area contributed by atoms with Crippen LogP contribution in [0.5, 0.6) is 23.0 Å². The number of hydrogen-bond donors (Lipinski definition) is 1. The van der Waals surface area contributed by atoms with Crippen LogP contribution in [0.4, 0.5) is 0 Å². The Balaban J connectivity index is 1.29. The third-order valence-electron chi connectivity index (χ3n) is 6.43. The number of amides is 1. The lowest BCUT2D eigenvalue weighted by molar-refractivity contribution is -0.121. The van der Waals surface area contributed by atoms with Crippen LogP contribution in [-0.4, -0.2) is 52.0 Å². The summed E-state index contributed by atoms with van der Waals surface area (Å²) in [4.78, 5) is 24.1. The lowest BCUT2D eigenvalue weighted by atomic mass is 9.74. The highest BCUT2D eigenvalue weighted by Gasteiger charge is 2.36. The molecule has 0 radical (unpaired) electrons. The fourth-order valence-electron chi connectivity index (χ4n) is 4.33. The van der Waals surface area contributed by atoms with Crippen molar-refractivity contribution in [2.75, 3.05) is 40.3 Å². The monoisotopic (exact) mass is 469 g/mol. The maximum absolute atomic E-state index is 12.6. The number of hydrogen-bond acceptors (Lipinski definition) is 7. The van der Waals surface area contributed by atoms with E-state index < -0.39 is 0 Å². The van der Waals surface area contributed by atoms with Crippen LogP contribution in [0.3, 0.4) is 0 Å². The van der Waals surface area contributed by atoms with Gasteiger partial charge in [-0.15, -0.1) is 0 Å². The minimum atomic E-state index is -0.197. The summed E-state index contributed by atoms with van der Waals surface area (Å²) in [7, 11) is 1.53. The normalized spacial score (nSPS) is 16.1. The molecule has 1 amide bonds. The third kappa shape index (κ3) is 5.44. The van der Waals surface area contributed by atoms with Gasteiger partial charge in [0.25, 0.3) is 0 Å². The number of ketones is 1. The van der Waals surface area contributed by atoms with Crippen molar-refractivity contribution in [3.8, 4) is 23.0 Å². The minimum Gasteiger partial charge on any atom is -0.493 e. The van der Waals surface area contributed by atoms with Crippen LogP contribution in [0.2, 0.25) is 0 Å². The van der Waals surface area contributed by atoms with E-state index in [9.17, 15) is 9.59 Å². The predicted molar refractivity (Wildman–Crippen MR) is 125 cm³/mol. The molecule has 1 saturated heterocycles. The van der Waals surface area contributed by atoms with Gasteiger partial charge in [-0.3, -0.25) is 9.59 Å². The molecular weight excluding hydrogens is 438 g/mol. The molecule has 8 nitrogen and oxygen atoms in total. The molecule has 4 rings (SSSR count). The van der Waals surface area contributed by atoms with Crippen molar-refractivity contribution in [2.24, 2.45) is 0 Å². The number of carbonyl (C=O) groups excluding carboxylic acids is 2. The summed E-state index contributed by atoms with van der Waals surface area (Å²) in [6, 6.07) is 11.1. The van der Waals surface area contributed by atoms with Gasteiger partial charge in [-0.05, 0) is 62.1 Å². The van der Waals surface area contributed by atoms with Crippen molar-refractivity contribution >= 4 is 11.7 Å². The van der Waals surface area contributed by atoms with Crippen LogP contribution >= 0.6 is 0 Å². The summed E-state index contributed by atoms with van der Waals surface area (Å²) in [5, 5.41) is 3.12. The van der Waals surface area contributed by atoms with E-state index in [4.69, 9.17) is 23.7 Å². The maximum Gasteiger partial charge on any atom is 0.231 e. The molecule has 1 fully saturated rings. The van der Waals surface area contributed by atoms with Gasteiger partial charge in [0.05, 0.1) is 13.7 Å². The lowest BCUT2D eigenvalue weighted by Gasteiger charge is -2.38. The van der Waals surface area contributed by atoms with Gasteiger partial charge in [0, 0.05) is 37.2 Å². The van der Waals surface area contributed by atoms with E-state index in [0.29, 0.717) is 56.3 Å². The molecule has 0 spiro atoms. The Kier molecular flexibility index (Phi) is 7.57. The Labute approximate surface area is 199 Å². The molecule has 8 heteroatoms. The van der Waals surface area contributed by atoms with Crippen LogP contribution in [0.1, 0.15) is 48.5 Å². The summed E-state index contributed by atoms with van der Waals surface area (Å²) in [5.41, 5.74) is 1.50. The number of ether oxygens (including phenoxy) is 5. The SMILES string of the molecule is COc1cc(C(C)=O)ccc1OCCCC(=O)NCC1(c2ccc3c(c2)OCO3)CCOCC1. The highest BCUT2D eigenvalue weighted by Crippen LogP contribution is 2.40. The Morgan fingerprint density at radius 3 is 2.59 bits per heavy atom. The van der Waals surface area contributed by atoms with E-state index in [1.54, 1.807) is 18.2 Å². The van der Waals surface area contributed by atoms with E-state index in [1.165, 1.54) is 14.0 Å². The summed E-state index contributed by atoms with van der Waals surface area (Å²) < 4.78 is 27.7. The Morgan fingerprint density at radius 1 is 1.03 bits per heavy atom. The topological polar surface area (TPSA) is 92.3 Å². The molecule has 1 N–H and O–H groups in total. The number of benzene rings is 2. The molecule has 2 heterocycles. The van der Waals surface area contributed by atoms with E-state index in [-0.39, 0.29) is 23.9 Å². The molecule has 0 aliphatic carbocycles. The molecule has 2 aliphatic rings. The van der Waals surface area contributed by atoms with Gasteiger partial charge < -0.3 is 29.0 Å². The molecule has 2 aromatic carbocycles. The summed E-state index contributed by atoms with van der Waals surface area (Å²) in [5.74, 6) is 2.50. The molecule has 34 heavy (non-hydrogen) atoms. The van der Waals surface area contributed by atoms with Crippen molar-refractivity contribution in [1.82, 2.24) is 5.32 Å². The van der Waals surface area contributed by atoms with Crippen LogP contribution in [0.15, 0.2) is 36.4 Å². The first-order valence-corrected chi connectivity index (χ1v) is 11.6. The first-order valence-electron chi connectivity index (χ1n) is 11.6. The second-order valence-electron chi connectivity index (χ2n) is 8.61. The summed E-state index contributed by atoms with van der Waals surface area (Å²) in [6.07, 6.45) is 2.56. The fraction of sp³-hybridized carbons (Fsp3) is 0.462. The highest BCUT2D eigenvalue weighted by atomic mass is 16.7. The van der Waals surface area contributed by atoms with Gasteiger partial charge in [0.2, 0.25) is 12.7 Å². The van der Waals surface area contributed by atoms with Gasteiger partial charge in [-0.25, -0.2) is 0 Å². The molecule has 2 aliphatic heterocycles. The number of methoxy groups -OCH3 is 1. The van der Waals surface area contributed by atoms with Gasteiger partial charge in [-0.1, -0.05) is 6.07 Å². The highest BCUT2D eigenvalue weighted by molar-refractivity contribution is 5.94. The fourth-order valence-corrected chi connectivity index (χ4v) is 4.33. The Morgan fingerprint density at radius 2 is 1.82 bits per heavy atom. The second-order valence-corrected chi connectivity index (χ2v) is 8.61. The summed E-state index contributed by atoms with van der Waals surface area (Å²) in [6.45, 7) is 3.95. The molecule has 2 aromatic rings. The second kappa shape index (κ2) is 10.8. The Hall–Kier alpha value is -3.26. The average molecular weight is 470 g/mol. The zero-order chi connectivity index (χ0) is 24.0.